The van der Waals surface area contributed by atoms with Crippen molar-refractivity contribution in [3.05, 3.63) is 50.9 Å². The molecule has 0 aliphatic rings. The summed E-state index contributed by atoms with van der Waals surface area (Å²) >= 11 is 4.92. The Hall–Kier alpha value is -0.520. The Labute approximate surface area is 108 Å². The van der Waals surface area contributed by atoms with E-state index < -0.39 is 10.8 Å². The summed E-state index contributed by atoms with van der Waals surface area (Å²) in [6.45, 7) is 0. The lowest BCUT2D eigenvalue weighted by Gasteiger charge is -1.99. The molecule has 1 unspecified atom stereocenters. The molecule has 0 radical (unpaired) electrons. The van der Waals surface area contributed by atoms with Crippen LogP contribution in [0.3, 0.4) is 0 Å². The first kappa shape index (κ1) is 12.0. The molecule has 1 nitrogen and oxygen atoms in total. The summed E-state index contributed by atoms with van der Waals surface area (Å²) in [6.07, 6.45) is 0. The smallest absolute Gasteiger partial charge is 0.123 e. The van der Waals surface area contributed by atoms with Gasteiger partial charge in [0, 0.05) is 9.77 Å². The second-order valence-electron chi connectivity index (χ2n) is 3.15. The normalized spacial score (nSPS) is 12.6. The van der Waals surface area contributed by atoms with Crippen molar-refractivity contribution < 1.29 is 8.60 Å². The molecule has 0 N–H and O–H groups in total. The SMILES string of the molecule is O=S(Cc1ccc(Br)s1)c1ccc(F)cc1. The van der Waals surface area contributed by atoms with Gasteiger partial charge in [0.25, 0.3) is 0 Å². The average molecular weight is 319 g/mol. The molecule has 2 aromatic rings. The van der Waals surface area contributed by atoms with E-state index in [1.165, 1.54) is 12.1 Å². The number of hydrogen-bond acceptors (Lipinski definition) is 2. The molecule has 1 aromatic heterocycles. The van der Waals surface area contributed by atoms with E-state index in [-0.39, 0.29) is 5.82 Å². The Morgan fingerprint density at radius 1 is 1.19 bits per heavy atom. The first-order valence-corrected chi connectivity index (χ1v) is 7.46. The van der Waals surface area contributed by atoms with Crippen LogP contribution in [-0.4, -0.2) is 4.21 Å². The molecule has 0 aliphatic carbocycles. The number of hydrogen-bond donors (Lipinski definition) is 0. The Morgan fingerprint density at radius 2 is 1.88 bits per heavy atom. The van der Waals surface area contributed by atoms with Gasteiger partial charge in [0.05, 0.1) is 20.3 Å². The molecular weight excluding hydrogens is 311 g/mol. The van der Waals surface area contributed by atoms with E-state index in [2.05, 4.69) is 15.9 Å². The van der Waals surface area contributed by atoms with Gasteiger partial charge in [-0.25, -0.2) is 4.39 Å². The van der Waals surface area contributed by atoms with Gasteiger partial charge in [-0.2, -0.15) is 0 Å². The van der Waals surface area contributed by atoms with E-state index in [9.17, 15) is 8.60 Å². The van der Waals surface area contributed by atoms with Gasteiger partial charge in [-0.15, -0.1) is 11.3 Å². The highest BCUT2D eigenvalue weighted by Crippen LogP contribution is 2.24. The number of rotatable bonds is 3. The van der Waals surface area contributed by atoms with Gasteiger partial charge in [0.2, 0.25) is 0 Å². The van der Waals surface area contributed by atoms with Crippen LogP contribution in [0.1, 0.15) is 4.88 Å². The molecule has 2 rings (SSSR count). The van der Waals surface area contributed by atoms with Crippen LogP contribution >= 0.6 is 27.3 Å². The monoisotopic (exact) mass is 318 g/mol. The maximum atomic E-state index is 12.7. The molecule has 0 bridgehead atoms. The minimum atomic E-state index is -1.11. The Balaban J connectivity index is 2.11. The molecular formula is C11H8BrFOS2. The summed E-state index contributed by atoms with van der Waals surface area (Å²) in [5.41, 5.74) is 0. The Kier molecular flexibility index (Phi) is 3.89. The van der Waals surface area contributed by atoms with Gasteiger partial charge in [0.1, 0.15) is 5.82 Å². The van der Waals surface area contributed by atoms with Gasteiger partial charge in [-0.1, -0.05) is 0 Å². The molecule has 0 spiro atoms. The molecule has 1 aromatic carbocycles. The van der Waals surface area contributed by atoms with Gasteiger partial charge < -0.3 is 0 Å². The molecule has 0 saturated heterocycles. The van der Waals surface area contributed by atoms with E-state index in [1.54, 1.807) is 23.5 Å². The minimum absolute atomic E-state index is 0.306. The van der Waals surface area contributed by atoms with Crippen molar-refractivity contribution in [2.24, 2.45) is 0 Å². The van der Waals surface area contributed by atoms with E-state index in [0.29, 0.717) is 10.6 Å². The second kappa shape index (κ2) is 5.21. The summed E-state index contributed by atoms with van der Waals surface area (Å²) in [7, 11) is -1.11. The van der Waals surface area contributed by atoms with Crippen molar-refractivity contribution in [1.82, 2.24) is 0 Å². The molecule has 0 aliphatic heterocycles. The van der Waals surface area contributed by atoms with Crippen LogP contribution in [-0.2, 0) is 16.6 Å². The zero-order valence-electron chi connectivity index (χ0n) is 8.15. The Morgan fingerprint density at radius 3 is 2.44 bits per heavy atom. The quantitative estimate of drug-likeness (QED) is 0.837. The largest absolute Gasteiger partial charge is 0.254 e. The van der Waals surface area contributed by atoms with Crippen molar-refractivity contribution in [1.29, 1.82) is 0 Å². The first-order valence-electron chi connectivity index (χ1n) is 4.53. The molecule has 1 atom stereocenters. The van der Waals surface area contributed by atoms with E-state index in [1.807, 2.05) is 12.1 Å². The predicted molar refractivity (Wildman–Crippen MR) is 68.5 cm³/mol. The summed E-state index contributed by atoms with van der Waals surface area (Å²) in [5.74, 6) is 0.168. The highest BCUT2D eigenvalue weighted by atomic mass is 79.9. The van der Waals surface area contributed by atoms with Crippen LogP contribution in [0, 0.1) is 5.82 Å². The highest BCUT2D eigenvalue weighted by molar-refractivity contribution is 9.11. The van der Waals surface area contributed by atoms with Crippen molar-refractivity contribution in [3.63, 3.8) is 0 Å². The summed E-state index contributed by atoms with van der Waals surface area (Å²) in [6, 6.07) is 9.66. The lowest BCUT2D eigenvalue weighted by molar-refractivity contribution is 0.626. The molecule has 0 fully saturated rings. The molecule has 5 heteroatoms. The summed E-state index contributed by atoms with van der Waals surface area (Å²) < 4.78 is 25.6. The van der Waals surface area contributed by atoms with Crippen LogP contribution in [0.4, 0.5) is 4.39 Å². The van der Waals surface area contributed by atoms with Crippen LogP contribution in [0.25, 0.3) is 0 Å². The number of thiophene rings is 1. The molecule has 84 valence electrons. The lowest BCUT2D eigenvalue weighted by Crippen LogP contribution is -1.94. The third-order valence-corrected chi connectivity index (χ3v) is 5.16. The van der Waals surface area contributed by atoms with Gasteiger partial charge in [-0.3, -0.25) is 4.21 Å². The fourth-order valence-electron chi connectivity index (χ4n) is 1.23. The average Bonchev–Trinajstić information content (AvgIpc) is 2.65. The van der Waals surface area contributed by atoms with Crippen LogP contribution in [0.15, 0.2) is 45.1 Å². The van der Waals surface area contributed by atoms with Crippen molar-refractivity contribution in [2.45, 2.75) is 10.6 Å². The van der Waals surface area contributed by atoms with Gasteiger partial charge >= 0.3 is 0 Å². The van der Waals surface area contributed by atoms with E-state index in [4.69, 9.17) is 0 Å². The fourth-order valence-corrected chi connectivity index (χ4v) is 4.02. The second-order valence-corrected chi connectivity index (χ2v) is 7.15. The Bertz CT molecular complexity index is 507. The lowest BCUT2D eigenvalue weighted by atomic mass is 10.4. The number of benzene rings is 1. The highest BCUT2D eigenvalue weighted by Gasteiger charge is 2.07. The van der Waals surface area contributed by atoms with Crippen molar-refractivity contribution in [3.8, 4) is 0 Å². The van der Waals surface area contributed by atoms with Crippen molar-refractivity contribution in [2.75, 3.05) is 0 Å². The third-order valence-electron chi connectivity index (χ3n) is 1.98. The summed E-state index contributed by atoms with van der Waals surface area (Å²) in [5, 5.41) is 0. The molecule has 16 heavy (non-hydrogen) atoms. The molecule has 0 amide bonds. The zero-order valence-corrected chi connectivity index (χ0v) is 11.4. The number of halogens is 2. The first-order chi connectivity index (χ1) is 7.65. The molecule has 1 heterocycles. The molecule has 0 saturated carbocycles. The standard InChI is InChI=1S/C11H8BrFOS2/c12-11-6-3-9(15-11)7-16(14)10-4-1-8(13)2-5-10/h1-6H,7H2. The van der Waals surface area contributed by atoms with E-state index in [0.717, 1.165) is 8.66 Å². The van der Waals surface area contributed by atoms with Crippen molar-refractivity contribution >= 4 is 38.1 Å². The maximum Gasteiger partial charge on any atom is 0.123 e. The van der Waals surface area contributed by atoms with Gasteiger partial charge in [-0.05, 0) is 52.3 Å². The predicted octanol–water partition coefficient (Wildman–Crippen LogP) is 3.96. The van der Waals surface area contributed by atoms with Crippen LogP contribution in [0.5, 0.6) is 0 Å². The van der Waals surface area contributed by atoms with Gasteiger partial charge in [0.15, 0.2) is 0 Å². The third kappa shape index (κ3) is 2.99. The van der Waals surface area contributed by atoms with Crippen LogP contribution in [0.2, 0.25) is 0 Å². The fraction of sp³-hybridized carbons (Fsp3) is 0.0909. The topological polar surface area (TPSA) is 17.1 Å². The maximum absolute atomic E-state index is 12.7. The zero-order chi connectivity index (χ0) is 11.5. The minimum Gasteiger partial charge on any atom is -0.254 e. The summed E-state index contributed by atoms with van der Waals surface area (Å²) in [4.78, 5) is 1.71. The van der Waals surface area contributed by atoms with Crippen LogP contribution < -0.4 is 0 Å². The van der Waals surface area contributed by atoms with E-state index >= 15 is 0 Å².